The maximum atomic E-state index is 13.8. The van der Waals surface area contributed by atoms with Crippen LogP contribution >= 0.6 is 0 Å². The zero-order chi connectivity index (χ0) is 36.8. The molecule has 0 saturated carbocycles. The monoisotopic (exact) mass is 712 g/mol. The second-order valence-electron chi connectivity index (χ2n) is 15.2. The Labute approximate surface area is 307 Å². The van der Waals surface area contributed by atoms with Gasteiger partial charge in [-0.1, -0.05) is 174 Å². The lowest BCUT2D eigenvalue weighted by Crippen LogP contribution is -2.69. The molecule has 1 fully saturated rings. The van der Waals surface area contributed by atoms with Crippen molar-refractivity contribution in [3.63, 3.8) is 0 Å². The summed E-state index contributed by atoms with van der Waals surface area (Å²) in [5.41, 5.74) is 5.80. The van der Waals surface area contributed by atoms with Crippen LogP contribution in [-0.4, -0.2) is 81.8 Å². The van der Waals surface area contributed by atoms with Crippen molar-refractivity contribution < 1.29 is 29.6 Å². The Morgan fingerprint density at radius 2 is 1.02 bits per heavy atom. The fraction of sp³-hybridized carbons (Fsp3) is 0.951. The predicted octanol–water partition coefficient (Wildman–Crippen LogP) is 8.05. The highest BCUT2D eigenvalue weighted by molar-refractivity contribution is 5.81. The second-order valence-corrected chi connectivity index (χ2v) is 15.2. The first-order valence-electron chi connectivity index (χ1n) is 21.3. The molecule has 0 aromatic rings. The fourth-order valence-electron chi connectivity index (χ4n) is 7.12. The van der Waals surface area contributed by atoms with Gasteiger partial charge in [0, 0.05) is 13.0 Å². The standard InChI is InChI=1S/C41H81N3O6/c1-4-6-8-10-12-14-16-18-19-20-21-23-25-27-29-31-36(46)44(32-30-28-26-24-22-17-15-13-11-9-7-5-2)41-37(43-40(49)34(3)42)39(48)38(47)35(33-45)50-41/h34-35,37-39,41,45,47-48H,4-33,42H2,1-3H3,(H,43,49)/t34-,35-,37-,38-,39-,41-/m1/s1. The van der Waals surface area contributed by atoms with Crippen LogP contribution in [0.3, 0.4) is 0 Å². The smallest absolute Gasteiger partial charge is 0.237 e. The number of aliphatic hydroxyl groups excluding tert-OH is 3. The third kappa shape index (κ3) is 21.3. The molecule has 9 nitrogen and oxygen atoms in total. The summed E-state index contributed by atoms with van der Waals surface area (Å²) in [5.74, 6) is -0.592. The maximum Gasteiger partial charge on any atom is 0.237 e. The number of nitrogens with two attached hydrogens (primary N) is 1. The third-order valence-electron chi connectivity index (χ3n) is 10.5. The van der Waals surface area contributed by atoms with Crippen LogP contribution in [-0.2, 0) is 14.3 Å². The lowest BCUT2D eigenvalue weighted by Gasteiger charge is -2.47. The molecular weight excluding hydrogens is 630 g/mol. The van der Waals surface area contributed by atoms with Crippen LogP contribution in [0.25, 0.3) is 0 Å². The normalized spacial score (nSPS) is 21.3. The van der Waals surface area contributed by atoms with Crippen LogP contribution in [0.5, 0.6) is 0 Å². The molecule has 1 rings (SSSR count). The fourth-order valence-corrected chi connectivity index (χ4v) is 7.12. The molecule has 1 aliphatic heterocycles. The Morgan fingerprint density at radius 1 is 0.640 bits per heavy atom. The van der Waals surface area contributed by atoms with E-state index >= 15 is 0 Å². The zero-order valence-corrected chi connectivity index (χ0v) is 32.8. The van der Waals surface area contributed by atoms with E-state index in [0.29, 0.717) is 13.0 Å². The Balaban J connectivity index is 2.59. The lowest BCUT2D eigenvalue weighted by atomic mass is 9.94. The molecule has 0 aliphatic carbocycles. The maximum absolute atomic E-state index is 13.8. The number of carbonyl (C=O) groups is 2. The van der Waals surface area contributed by atoms with Crippen molar-refractivity contribution >= 4 is 11.8 Å². The average Bonchev–Trinajstić information content (AvgIpc) is 3.10. The third-order valence-corrected chi connectivity index (χ3v) is 10.5. The summed E-state index contributed by atoms with van der Waals surface area (Å²) >= 11 is 0. The molecule has 6 N–H and O–H groups in total. The van der Waals surface area contributed by atoms with Gasteiger partial charge >= 0.3 is 0 Å². The predicted molar refractivity (Wildman–Crippen MR) is 206 cm³/mol. The minimum Gasteiger partial charge on any atom is -0.394 e. The summed E-state index contributed by atoms with van der Waals surface area (Å²) in [6, 6.07) is -1.90. The van der Waals surface area contributed by atoms with Crippen molar-refractivity contribution in [2.45, 2.75) is 237 Å². The van der Waals surface area contributed by atoms with E-state index in [-0.39, 0.29) is 5.91 Å². The van der Waals surface area contributed by atoms with E-state index in [1.54, 1.807) is 11.8 Å². The number of aliphatic hydroxyl groups is 3. The van der Waals surface area contributed by atoms with Crippen molar-refractivity contribution in [1.29, 1.82) is 0 Å². The van der Waals surface area contributed by atoms with Gasteiger partial charge in [-0.3, -0.25) is 9.59 Å². The van der Waals surface area contributed by atoms with Gasteiger partial charge in [0.25, 0.3) is 0 Å². The van der Waals surface area contributed by atoms with Crippen LogP contribution in [0.4, 0.5) is 0 Å². The summed E-state index contributed by atoms with van der Waals surface area (Å²) in [5, 5.41) is 34.3. The van der Waals surface area contributed by atoms with Crippen LogP contribution in [0, 0.1) is 0 Å². The number of nitrogens with one attached hydrogen (secondary N) is 1. The first kappa shape index (κ1) is 46.8. The lowest BCUT2D eigenvalue weighted by molar-refractivity contribution is -0.231. The summed E-state index contributed by atoms with van der Waals surface area (Å²) in [6.07, 6.45) is 28.7. The number of amides is 2. The van der Waals surface area contributed by atoms with Crippen molar-refractivity contribution in [3.05, 3.63) is 0 Å². The first-order chi connectivity index (χ1) is 24.3. The van der Waals surface area contributed by atoms with Crippen molar-refractivity contribution in [3.8, 4) is 0 Å². The van der Waals surface area contributed by atoms with Gasteiger partial charge in [-0.25, -0.2) is 0 Å². The highest BCUT2D eigenvalue weighted by Gasteiger charge is 2.48. The topological polar surface area (TPSA) is 145 Å². The molecule has 1 heterocycles. The first-order valence-corrected chi connectivity index (χ1v) is 21.3. The number of ether oxygens (including phenoxy) is 1. The molecule has 0 unspecified atom stereocenters. The number of nitrogens with zero attached hydrogens (tertiary/aromatic N) is 1. The van der Waals surface area contributed by atoms with E-state index in [2.05, 4.69) is 19.2 Å². The summed E-state index contributed by atoms with van der Waals surface area (Å²) < 4.78 is 6.07. The minimum absolute atomic E-state index is 0.0897. The number of carbonyl (C=O) groups excluding carboxylic acids is 2. The van der Waals surface area contributed by atoms with Crippen molar-refractivity contribution in [2.75, 3.05) is 13.2 Å². The minimum atomic E-state index is -1.42. The van der Waals surface area contributed by atoms with Crippen LogP contribution in [0.15, 0.2) is 0 Å². The zero-order valence-electron chi connectivity index (χ0n) is 32.8. The SMILES string of the molecule is CCCCCCCCCCCCCCCCCC(=O)N(CCCCCCCCCCCCCC)[C@@H]1O[C@H](CO)[C@@H](O)[C@H](O)[C@H]1NC(=O)[C@@H](C)N. The average molecular weight is 712 g/mol. The van der Waals surface area contributed by atoms with E-state index in [4.69, 9.17) is 10.5 Å². The Kier molecular flexibility index (Phi) is 29.3. The molecule has 296 valence electrons. The molecular formula is C41H81N3O6. The molecule has 2 amide bonds. The largest absolute Gasteiger partial charge is 0.394 e. The van der Waals surface area contributed by atoms with Gasteiger partial charge in [0.15, 0.2) is 6.23 Å². The quantitative estimate of drug-likeness (QED) is 0.0433. The van der Waals surface area contributed by atoms with Gasteiger partial charge < -0.3 is 36.0 Å². The van der Waals surface area contributed by atoms with Crippen LogP contribution in [0.1, 0.15) is 201 Å². The van der Waals surface area contributed by atoms with Crippen LogP contribution < -0.4 is 11.1 Å². The molecule has 0 bridgehead atoms. The van der Waals surface area contributed by atoms with Gasteiger partial charge in [0.05, 0.1) is 12.6 Å². The van der Waals surface area contributed by atoms with E-state index in [0.717, 1.165) is 38.5 Å². The number of hydrogen-bond donors (Lipinski definition) is 5. The molecule has 1 aliphatic rings. The molecule has 1 saturated heterocycles. The highest BCUT2D eigenvalue weighted by atomic mass is 16.5. The van der Waals surface area contributed by atoms with Crippen molar-refractivity contribution in [2.24, 2.45) is 5.73 Å². The van der Waals surface area contributed by atoms with Gasteiger partial charge in [0.2, 0.25) is 11.8 Å². The van der Waals surface area contributed by atoms with E-state index in [1.165, 1.54) is 135 Å². The second kappa shape index (κ2) is 31.3. The summed E-state index contributed by atoms with van der Waals surface area (Å²) in [6.45, 7) is 5.96. The Hall–Kier alpha value is -1.26. The molecule has 0 aromatic carbocycles. The molecule has 50 heavy (non-hydrogen) atoms. The molecule has 6 atom stereocenters. The number of rotatable bonds is 33. The molecule has 0 spiro atoms. The van der Waals surface area contributed by atoms with E-state index in [9.17, 15) is 24.9 Å². The van der Waals surface area contributed by atoms with Gasteiger partial charge in [-0.05, 0) is 19.8 Å². The van der Waals surface area contributed by atoms with Gasteiger partial charge in [-0.2, -0.15) is 0 Å². The van der Waals surface area contributed by atoms with E-state index in [1.807, 2.05) is 0 Å². The van der Waals surface area contributed by atoms with Gasteiger partial charge in [-0.15, -0.1) is 0 Å². The molecule has 9 heteroatoms. The number of unbranched alkanes of at least 4 members (excludes halogenated alkanes) is 25. The Bertz CT molecular complexity index is 815. The Morgan fingerprint density at radius 3 is 1.40 bits per heavy atom. The van der Waals surface area contributed by atoms with Crippen LogP contribution in [0.2, 0.25) is 0 Å². The number of hydrogen-bond acceptors (Lipinski definition) is 7. The van der Waals surface area contributed by atoms with Crippen molar-refractivity contribution in [1.82, 2.24) is 10.2 Å². The molecule has 0 radical (unpaired) electrons. The summed E-state index contributed by atoms with van der Waals surface area (Å²) in [7, 11) is 0. The van der Waals surface area contributed by atoms with Gasteiger partial charge in [0.1, 0.15) is 24.4 Å². The summed E-state index contributed by atoms with van der Waals surface area (Å²) in [4.78, 5) is 28.0. The van der Waals surface area contributed by atoms with E-state index < -0.39 is 49.1 Å². The highest BCUT2D eigenvalue weighted by Crippen LogP contribution is 2.26. The molecule has 0 aromatic heterocycles.